The highest BCUT2D eigenvalue weighted by Crippen LogP contribution is 2.19. The first-order valence-electron chi connectivity index (χ1n) is 8.16. The number of aromatic amines is 1. The molecule has 1 aliphatic heterocycles. The molecule has 2 aromatic rings. The Morgan fingerprint density at radius 2 is 2.26 bits per heavy atom. The highest BCUT2D eigenvalue weighted by Gasteiger charge is 2.22. The number of benzene rings is 1. The van der Waals surface area contributed by atoms with Gasteiger partial charge in [-0.3, -0.25) is 9.69 Å². The molecule has 0 bridgehead atoms. The summed E-state index contributed by atoms with van der Waals surface area (Å²) in [5, 5.41) is 9.80. The maximum absolute atomic E-state index is 12.5. The fourth-order valence-electron chi connectivity index (χ4n) is 2.99. The van der Waals surface area contributed by atoms with Gasteiger partial charge in [-0.2, -0.15) is 0 Å². The van der Waals surface area contributed by atoms with Crippen LogP contribution in [0.4, 0.5) is 0 Å². The maximum Gasteiger partial charge on any atom is 0.255 e. The Balaban J connectivity index is 1.88. The first kappa shape index (κ1) is 15.9. The van der Waals surface area contributed by atoms with Gasteiger partial charge in [0.15, 0.2) is 0 Å². The van der Waals surface area contributed by atoms with Gasteiger partial charge in [0.1, 0.15) is 5.82 Å². The number of β-amino-alcohol motifs (C(OH)–C–C–N with tert-alkyl or cyclic N) is 1. The smallest absolute Gasteiger partial charge is 0.255 e. The Morgan fingerprint density at radius 3 is 3.00 bits per heavy atom. The van der Waals surface area contributed by atoms with Crippen LogP contribution >= 0.6 is 0 Å². The summed E-state index contributed by atoms with van der Waals surface area (Å²) in [6.45, 7) is 5.98. The molecule has 0 aliphatic carbocycles. The van der Waals surface area contributed by atoms with Crippen LogP contribution in [0.2, 0.25) is 0 Å². The number of rotatable bonds is 4. The third-order valence-corrected chi connectivity index (χ3v) is 4.38. The molecule has 23 heavy (non-hydrogen) atoms. The maximum atomic E-state index is 12.5. The van der Waals surface area contributed by atoms with Crippen molar-refractivity contribution < 1.29 is 5.11 Å². The summed E-state index contributed by atoms with van der Waals surface area (Å²) in [5.74, 6) is 0.638. The molecule has 0 fully saturated rings. The van der Waals surface area contributed by atoms with Crippen molar-refractivity contribution in [3.8, 4) is 11.4 Å². The largest absolute Gasteiger partial charge is 0.392 e. The molecule has 5 nitrogen and oxygen atoms in total. The molecular formula is C18H23N3O2. The summed E-state index contributed by atoms with van der Waals surface area (Å²) < 4.78 is 0. The quantitative estimate of drug-likeness (QED) is 0.904. The summed E-state index contributed by atoms with van der Waals surface area (Å²) in [6.07, 6.45) is 1.13. The molecule has 0 radical (unpaired) electrons. The summed E-state index contributed by atoms with van der Waals surface area (Å²) >= 11 is 0. The Hall–Kier alpha value is -1.98. The van der Waals surface area contributed by atoms with Crippen LogP contribution in [0.1, 0.15) is 30.2 Å². The highest BCUT2D eigenvalue weighted by molar-refractivity contribution is 5.56. The lowest BCUT2D eigenvalue weighted by molar-refractivity contribution is 0.102. The van der Waals surface area contributed by atoms with Crippen molar-refractivity contribution >= 4 is 0 Å². The molecule has 5 heteroatoms. The van der Waals surface area contributed by atoms with Crippen molar-refractivity contribution in [3.05, 3.63) is 51.4 Å². The molecular weight excluding hydrogens is 290 g/mol. The van der Waals surface area contributed by atoms with Crippen molar-refractivity contribution in [1.29, 1.82) is 0 Å². The van der Waals surface area contributed by atoms with Crippen molar-refractivity contribution in [3.63, 3.8) is 0 Å². The van der Waals surface area contributed by atoms with E-state index in [2.05, 4.69) is 14.9 Å². The summed E-state index contributed by atoms with van der Waals surface area (Å²) in [6, 6.07) is 7.98. The number of nitrogens with one attached hydrogen (secondary N) is 1. The van der Waals surface area contributed by atoms with Crippen LogP contribution in [-0.4, -0.2) is 39.2 Å². The number of nitrogens with zero attached hydrogens (tertiary/aromatic N) is 2. The van der Waals surface area contributed by atoms with Crippen molar-refractivity contribution in [1.82, 2.24) is 14.9 Å². The summed E-state index contributed by atoms with van der Waals surface area (Å²) in [7, 11) is 0. The zero-order valence-electron chi connectivity index (χ0n) is 13.7. The van der Waals surface area contributed by atoms with Gasteiger partial charge in [-0.05, 0) is 19.4 Å². The van der Waals surface area contributed by atoms with Crippen LogP contribution in [0.3, 0.4) is 0 Å². The van der Waals surface area contributed by atoms with Crippen molar-refractivity contribution in [2.24, 2.45) is 0 Å². The van der Waals surface area contributed by atoms with E-state index < -0.39 is 0 Å². The van der Waals surface area contributed by atoms with Gasteiger partial charge in [-0.15, -0.1) is 0 Å². The second-order valence-electron chi connectivity index (χ2n) is 6.26. The number of fused-ring (bicyclic) bond motifs is 1. The third kappa shape index (κ3) is 3.51. The predicted molar refractivity (Wildman–Crippen MR) is 90.3 cm³/mol. The van der Waals surface area contributed by atoms with E-state index in [4.69, 9.17) is 0 Å². The van der Waals surface area contributed by atoms with Gasteiger partial charge in [0, 0.05) is 31.6 Å². The second kappa shape index (κ2) is 6.64. The number of aryl methyl sites for hydroxylation is 1. The van der Waals surface area contributed by atoms with Crippen LogP contribution in [-0.2, 0) is 13.0 Å². The number of aliphatic hydroxyl groups excluding tert-OH is 1. The standard InChI is InChI=1S/C18H23N3O2/c1-3-14(22)10-21-8-7-16-15(11-21)18(23)20-17(19-16)13-6-4-5-12(2)9-13/h4-6,9,14,22H,3,7-8,10-11H2,1-2H3,(H,19,20,23). The first-order chi connectivity index (χ1) is 11.1. The van der Waals surface area contributed by atoms with E-state index in [1.807, 2.05) is 38.1 Å². The highest BCUT2D eigenvalue weighted by atomic mass is 16.3. The van der Waals surface area contributed by atoms with Crippen molar-refractivity contribution in [2.45, 2.75) is 39.3 Å². The zero-order valence-corrected chi connectivity index (χ0v) is 13.7. The topological polar surface area (TPSA) is 69.2 Å². The lowest BCUT2D eigenvalue weighted by atomic mass is 10.1. The molecule has 1 aliphatic rings. The molecule has 122 valence electrons. The van der Waals surface area contributed by atoms with Gasteiger partial charge < -0.3 is 10.1 Å². The molecule has 0 amide bonds. The van der Waals surface area contributed by atoms with Gasteiger partial charge in [0.25, 0.3) is 5.56 Å². The van der Waals surface area contributed by atoms with E-state index in [9.17, 15) is 9.90 Å². The second-order valence-corrected chi connectivity index (χ2v) is 6.26. The number of hydrogen-bond acceptors (Lipinski definition) is 4. The Morgan fingerprint density at radius 1 is 1.43 bits per heavy atom. The van der Waals surface area contributed by atoms with Gasteiger partial charge in [-0.25, -0.2) is 4.98 Å². The Kier molecular flexibility index (Phi) is 4.59. The van der Waals surface area contributed by atoms with Crippen LogP contribution in [0.25, 0.3) is 11.4 Å². The Bertz CT molecular complexity index is 754. The average molecular weight is 313 g/mol. The summed E-state index contributed by atoms with van der Waals surface area (Å²) in [5.41, 5.74) is 3.63. The molecule has 2 N–H and O–H groups in total. The minimum absolute atomic E-state index is 0.0674. The van der Waals surface area contributed by atoms with E-state index in [0.717, 1.165) is 41.8 Å². The molecule has 3 rings (SSSR count). The van der Waals surface area contributed by atoms with E-state index in [0.29, 0.717) is 18.9 Å². The number of H-pyrrole nitrogens is 1. The van der Waals surface area contributed by atoms with E-state index in [-0.39, 0.29) is 11.7 Å². The van der Waals surface area contributed by atoms with Crippen molar-refractivity contribution in [2.75, 3.05) is 13.1 Å². The van der Waals surface area contributed by atoms with E-state index in [1.54, 1.807) is 0 Å². The molecule has 0 saturated carbocycles. The zero-order chi connectivity index (χ0) is 16.4. The monoisotopic (exact) mass is 313 g/mol. The Labute approximate surface area is 136 Å². The molecule has 1 aromatic carbocycles. The first-order valence-corrected chi connectivity index (χ1v) is 8.16. The molecule has 2 heterocycles. The molecule has 1 atom stereocenters. The van der Waals surface area contributed by atoms with E-state index >= 15 is 0 Å². The molecule has 1 aromatic heterocycles. The normalized spacial score (nSPS) is 16.1. The van der Waals surface area contributed by atoms with Gasteiger partial charge in [0.05, 0.1) is 17.4 Å². The van der Waals surface area contributed by atoms with E-state index in [1.165, 1.54) is 0 Å². The lowest BCUT2D eigenvalue weighted by Crippen LogP contribution is -2.39. The summed E-state index contributed by atoms with van der Waals surface area (Å²) in [4.78, 5) is 22.2. The fraction of sp³-hybridized carbons (Fsp3) is 0.444. The van der Waals surface area contributed by atoms with Crippen LogP contribution < -0.4 is 5.56 Å². The third-order valence-electron chi connectivity index (χ3n) is 4.38. The minimum atomic E-state index is -0.338. The van der Waals surface area contributed by atoms with Gasteiger partial charge in [0.2, 0.25) is 0 Å². The SMILES string of the molecule is CCC(O)CN1CCc2nc(-c3cccc(C)c3)[nH]c(=O)c2C1. The van der Waals surface area contributed by atoms with Gasteiger partial charge in [-0.1, -0.05) is 30.7 Å². The number of aromatic nitrogens is 2. The van der Waals surface area contributed by atoms with Gasteiger partial charge >= 0.3 is 0 Å². The number of aliphatic hydroxyl groups is 1. The molecule has 0 spiro atoms. The molecule has 0 saturated heterocycles. The lowest BCUT2D eigenvalue weighted by Gasteiger charge is -2.29. The average Bonchev–Trinajstić information content (AvgIpc) is 2.55. The van der Waals surface area contributed by atoms with Crippen LogP contribution in [0.5, 0.6) is 0 Å². The number of hydrogen-bond donors (Lipinski definition) is 2. The van der Waals surface area contributed by atoms with Crippen LogP contribution in [0, 0.1) is 6.92 Å². The van der Waals surface area contributed by atoms with Crippen LogP contribution in [0.15, 0.2) is 29.1 Å². The molecule has 1 unspecified atom stereocenters. The minimum Gasteiger partial charge on any atom is -0.392 e. The fourth-order valence-corrected chi connectivity index (χ4v) is 2.99. The predicted octanol–water partition coefficient (Wildman–Crippen LogP) is 1.87.